The molecule has 0 aromatic heterocycles. The van der Waals surface area contributed by atoms with Gasteiger partial charge < -0.3 is 10.6 Å². The van der Waals surface area contributed by atoms with Gasteiger partial charge in [0.2, 0.25) is 21.8 Å². The van der Waals surface area contributed by atoms with Crippen LogP contribution in [0.4, 0.5) is 0 Å². The lowest BCUT2D eigenvalue weighted by molar-refractivity contribution is -0.129. The van der Waals surface area contributed by atoms with Crippen molar-refractivity contribution >= 4 is 21.8 Å². The molecule has 0 aliphatic carbocycles. The van der Waals surface area contributed by atoms with Crippen molar-refractivity contribution in [3.63, 3.8) is 0 Å². The standard InChI is InChI=1S/C19H29N3O4S/c1-13(2)12-17(19(24)21-16-6-4-5-11-20-18(16)23)22-27(25,26)15-9-7-14(3)8-10-15/h7-10,13,16-17,22H,4-6,11-12H2,1-3H3,(H,20,23)(H,21,24)/t16-,17-/m1/s1. The van der Waals surface area contributed by atoms with Gasteiger partial charge in [0.1, 0.15) is 12.1 Å². The largest absolute Gasteiger partial charge is 0.354 e. The van der Waals surface area contributed by atoms with Crippen LogP contribution in [0.1, 0.15) is 45.1 Å². The van der Waals surface area contributed by atoms with Crippen LogP contribution in [0, 0.1) is 12.8 Å². The van der Waals surface area contributed by atoms with E-state index in [1.807, 2.05) is 20.8 Å². The quantitative estimate of drug-likeness (QED) is 0.650. The molecule has 27 heavy (non-hydrogen) atoms. The molecule has 8 heteroatoms. The van der Waals surface area contributed by atoms with Gasteiger partial charge in [0, 0.05) is 6.54 Å². The van der Waals surface area contributed by atoms with Gasteiger partial charge in [-0.1, -0.05) is 31.5 Å². The average Bonchev–Trinajstić information content (AvgIpc) is 2.78. The van der Waals surface area contributed by atoms with Gasteiger partial charge in [-0.3, -0.25) is 9.59 Å². The molecule has 1 aromatic carbocycles. The van der Waals surface area contributed by atoms with Crippen molar-refractivity contribution in [3.8, 4) is 0 Å². The molecule has 2 atom stereocenters. The summed E-state index contributed by atoms with van der Waals surface area (Å²) in [4.78, 5) is 24.9. The fourth-order valence-corrected chi connectivity index (χ4v) is 4.21. The molecule has 1 heterocycles. The molecule has 3 N–H and O–H groups in total. The summed E-state index contributed by atoms with van der Waals surface area (Å²) in [6.07, 6.45) is 2.59. The lowest BCUT2D eigenvalue weighted by Gasteiger charge is -2.23. The molecule has 1 saturated heterocycles. The molecular weight excluding hydrogens is 366 g/mol. The highest BCUT2D eigenvalue weighted by Gasteiger charge is 2.30. The highest BCUT2D eigenvalue weighted by Crippen LogP contribution is 2.14. The first-order valence-electron chi connectivity index (χ1n) is 9.36. The summed E-state index contributed by atoms with van der Waals surface area (Å²) >= 11 is 0. The second-order valence-corrected chi connectivity index (χ2v) is 9.18. The Morgan fingerprint density at radius 2 is 1.89 bits per heavy atom. The van der Waals surface area contributed by atoms with Crippen LogP contribution in [-0.2, 0) is 19.6 Å². The molecule has 0 bridgehead atoms. The van der Waals surface area contributed by atoms with E-state index in [2.05, 4.69) is 15.4 Å². The Balaban J connectivity index is 2.14. The summed E-state index contributed by atoms with van der Waals surface area (Å²) in [5.74, 6) is -0.587. The monoisotopic (exact) mass is 395 g/mol. The van der Waals surface area contributed by atoms with Gasteiger partial charge in [-0.2, -0.15) is 4.72 Å². The molecule has 1 fully saturated rings. The topological polar surface area (TPSA) is 104 Å². The van der Waals surface area contributed by atoms with Crippen LogP contribution in [0.3, 0.4) is 0 Å². The van der Waals surface area contributed by atoms with Crippen molar-refractivity contribution in [2.75, 3.05) is 6.54 Å². The molecule has 1 aromatic rings. The minimum atomic E-state index is -3.84. The Bertz CT molecular complexity index is 760. The molecule has 2 rings (SSSR count). The zero-order valence-corrected chi connectivity index (χ0v) is 16.9. The lowest BCUT2D eigenvalue weighted by Crippen LogP contribution is -2.53. The number of nitrogens with one attached hydrogen (secondary N) is 3. The fourth-order valence-electron chi connectivity index (χ4n) is 3.00. The van der Waals surface area contributed by atoms with E-state index < -0.39 is 28.0 Å². The number of amides is 2. The highest BCUT2D eigenvalue weighted by atomic mass is 32.2. The predicted molar refractivity (Wildman–Crippen MR) is 104 cm³/mol. The van der Waals surface area contributed by atoms with Gasteiger partial charge in [-0.05, 0) is 50.7 Å². The van der Waals surface area contributed by atoms with E-state index in [-0.39, 0.29) is 16.7 Å². The van der Waals surface area contributed by atoms with E-state index in [1.54, 1.807) is 12.1 Å². The summed E-state index contributed by atoms with van der Waals surface area (Å²) < 4.78 is 27.9. The first-order chi connectivity index (χ1) is 12.7. The minimum absolute atomic E-state index is 0.101. The number of rotatable bonds is 7. The predicted octanol–water partition coefficient (Wildman–Crippen LogP) is 1.47. The van der Waals surface area contributed by atoms with Gasteiger partial charge in [0.05, 0.1) is 4.90 Å². The molecule has 1 aliphatic rings. The van der Waals surface area contributed by atoms with Gasteiger partial charge in [-0.25, -0.2) is 8.42 Å². The van der Waals surface area contributed by atoms with Gasteiger partial charge in [0.15, 0.2) is 0 Å². The second kappa shape index (κ2) is 9.32. The van der Waals surface area contributed by atoms with Crippen LogP contribution in [-0.4, -0.2) is 38.9 Å². The zero-order valence-electron chi connectivity index (χ0n) is 16.1. The number of aryl methyl sites for hydroxylation is 1. The Labute approximate surface area is 161 Å². The summed E-state index contributed by atoms with van der Waals surface area (Å²) in [6.45, 7) is 6.30. The van der Waals surface area contributed by atoms with Crippen molar-refractivity contribution in [1.82, 2.24) is 15.4 Å². The summed E-state index contributed by atoms with van der Waals surface area (Å²) in [5, 5.41) is 5.49. The maximum atomic E-state index is 12.7. The Hall–Kier alpha value is -1.93. The maximum Gasteiger partial charge on any atom is 0.242 e. The van der Waals surface area contributed by atoms with Crippen LogP contribution in [0.15, 0.2) is 29.2 Å². The number of sulfonamides is 1. The van der Waals surface area contributed by atoms with Crippen molar-refractivity contribution in [1.29, 1.82) is 0 Å². The number of carbonyl (C=O) groups excluding carboxylic acids is 2. The zero-order chi connectivity index (χ0) is 20.0. The summed E-state index contributed by atoms with van der Waals surface area (Å²) in [6, 6.07) is 4.89. The number of hydrogen-bond donors (Lipinski definition) is 3. The van der Waals surface area contributed by atoms with Crippen LogP contribution >= 0.6 is 0 Å². The highest BCUT2D eigenvalue weighted by molar-refractivity contribution is 7.89. The fraction of sp³-hybridized carbons (Fsp3) is 0.579. The second-order valence-electron chi connectivity index (χ2n) is 7.46. The molecule has 0 saturated carbocycles. The molecule has 1 aliphatic heterocycles. The van der Waals surface area contributed by atoms with E-state index in [0.717, 1.165) is 18.4 Å². The van der Waals surface area contributed by atoms with Crippen LogP contribution in [0.5, 0.6) is 0 Å². The maximum absolute atomic E-state index is 12.7. The molecule has 2 amide bonds. The van der Waals surface area contributed by atoms with Gasteiger partial charge >= 0.3 is 0 Å². The molecule has 7 nitrogen and oxygen atoms in total. The van der Waals surface area contributed by atoms with Crippen LogP contribution < -0.4 is 15.4 Å². The van der Waals surface area contributed by atoms with E-state index in [0.29, 0.717) is 19.4 Å². The van der Waals surface area contributed by atoms with Crippen molar-refractivity contribution in [2.24, 2.45) is 5.92 Å². The van der Waals surface area contributed by atoms with E-state index in [1.165, 1.54) is 12.1 Å². The van der Waals surface area contributed by atoms with E-state index in [9.17, 15) is 18.0 Å². The molecule has 0 unspecified atom stereocenters. The van der Waals surface area contributed by atoms with Crippen molar-refractivity contribution < 1.29 is 18.0 Å². The molecule has 0 spiro atoms. The summed E-state index contributed by atoms with van der Waals surface area (Å²) in [7, 11) is -3.84. The van der Waals surface area contributed by atoms with Crippen molar-refractivity contribution in [2.45, 2.75) is 63.4 Å². The third-order valence-electron chi connectivity index (χ3n) is 4.50. The lowest BCUT2D eigenvalue weighted by atomic mass is 10.0. The summed E-state index contributed by atoms with van der Waals surface area (Å²) in [5.41, 5.74) is 0.949. The van der Waals surface area contributed by atoms with Gasteiger partial charge in [0.25, 0.3) is 0 Å². The van der Waals surface area contributed by atoms with Crippen LogP contribution in [0.2, 0.25) is 0 Å². The number of hydrogen-bond acceptors (Lipinski definition) is 4. The minimum Gasteiger partial charge on any atom is -0.354 e. The van der Waals surface area contributed by atoms with E-state index in [4.69, 9.17) is 0 Å². The Morgan fingerprint density at radius 3 is 2.52 bits per heavy atom. The van der Waals surface area contributed by atoms with E-state index >= 15 is 0 Å². The third-order valence-corrected chi connectivity index (χ3v) is 5.99. The molecule has 150 valence electrons. The Morgan fingerprint density at radius 1 is 1.22 bits per heavy atom. The van der Waals surface area contributed by atoms with Crippen molar-refractivity contribution in [3.05, 3.63) is 29.8 Å². The molecular formula is C19H29N3O4S. The Kier molecular flexibility index (Phi) is 7.38. The number of benzene rings is 1. The smallest absolute Gasteiger partial charge is 0.242 e. The average molecular weight is 396 g/mol. The first kappa shape index (κ1) is 21.4. The van der Waals surface area contributed by atoms with Gasteiger partial charge in [-0.15, -0.1) is 0 Å². The first-order valence-corrected chi connectivity index (χ1v) is 10.8. The normalized spacial score (nSPS) is 19.3. The molecule has 0 radical (unpaired) electrons. The third kappa shape index (κ3) is 6.32. The SMILES string of the molecule is Cc1ccc(S(=O)(=O)N[C@H](CC(C)C)C(=O)N[C@@H]2CCCCNC2=O)cc1. The van der Waals surface area contributed by atoms with Crippen LogP contribution in [0.25, 0.3) is 0 Å². The number of carbonyl (C=O) groups is 2.